The topological polar surface area (TPSA) is 104 Å². The van der Waals surface area contributed by atoms with Gasteiger partial charge in [-0.15, -0.1) is 5.10 Å². The summed E-state index contributed by atoms with van der Waals surface area (Å²) in [7, 11) is 0. The van der Waals surface area contributed by atoms with Crippen molar-refractivity contribution in [1.82, 2.24) is 30.4 Å². The third-order valence-corrected chi connectivity index (χ3v) is 5.70. The quantitative estimate of drug-likeness (QED) is 0.499. The highest BCUT2D eigenvalue weighted by atomic mass is 16.6. The number of ether oxygens (including phenoxy) is 3. The molecule has 1 fully saturated rings. The molecule has 4 rings (SSSR count). The van der Waals surface area contributed by atoms with Crippen LogP contribution in [0.1, 0.15) is 25.2 Å². The molecule has 1 N–H and O–H groups in total. The van der Waals surface area contributed by atoms with Crippen LogP contribution in [-0.4, -0.2) is 76.7 Å². The van der Waals surface area contributed by atoms with E-state index in [1.807, 2.05) is 57.2 Å². The highest BCUT2D eigenvalue weighted by Gasteiger charge is 2.18. The van der Waals surface area contributed by atoms with Gasteiger partial charge >= 0.3 is 6.09 Å². The Kier molecular flexibility index (Phi) is 8.40. The summed E-state index contributed by atoms with van der Waals surface area (Å²) in [6.45, 7) is 10.6. The Morgan fingerprint density at radius 3 is 2.66 bits per heavy atom. The number of nitrogens with zero attached hydrogens (tertiary/aromatic N) is 5. The predicted octanol–water partition coefficient (Wildman–Crippen LogP) is 2.98. The lowest BCUT2D eigenvalue weighted by atomic mass is 10.0. The van der Waals surface area contributed by atoms with Crippen molar-refractivity contribution in [1.29, 1.82) is 0 Å². The Hall–Kier alpha value is -3.34. The van der Waals surface area contributed by atoms with Crippen LogP contribution in [0, 0.1) is 6.92 Å². The molecule has 0 radical (unpaired) electrons. The van der Waals surface area contributed by atoms with Crippen molar-refractivity contribution >= 4 is 6.09 Å². The molecule has 10 nitrogen and oxygen atoms in total. The summed E-state index contributed by atoms with van der Waals surface area (Å²) in [5.74, 6) is 0.953. The third-order valence-electron chi connectivity index (χ3n) is 5.70. The van der Waals surface area contributed by atoms with Crippen LogP contribution in [0.15, 0.2) is 42.5 Å². The van der Waals surface area contributed by atoms with Gasteiger partial charge in [0.15, 0.2) is 5.82 Å². The lowest BCUT2D eigenvalue weighted by Gasteiger charge is -2.29. The molecule has 1 aliphatic heterocycles. The van der Waals surface area contributed by atoms with Gasteiger partial charge in [-0.1, -0.05) is 29.8 Å². The van der Waals surface area contributed by atoms with Crippen LogP contribution >= 0.6 is 0 Å². The van der Waals surface area contributed by atoms with E-state index in [9.17, 15) is 4.79 Å². The second-order valence-corrected chi connectivity index (χ2v) is 8.57. The first-order valence-electron chi connectivity index (χ1n) is 11.9. The Morgan fingerprint density at radius 1 is 1.14 bits per heavy atom. The zero-order valence-corrected chi connectivity index (χ0v) is 20.4. The van der Waals surface area contributed by atoms with E-state index in [0.29, 0.717) is 37.1 Å². The predicted molar refractivity (Wildman–Crippen MR) is 131 cm³/mol. The number of carbonyl (C=O) groups excluding carboxylic acids is 1. The van der Waals surface area contributed by atoms with Crippen LogP contribution in [0.4, 0.5) is 4.79 Å². The van der Waals surface area contributed by atoms with E-state index in [4.69, 9.17) is 14.2 Å². The van der Waals surface area contributed by atoms with Gasteiger partial charge in [-0.3, -0.25) is 4.90 Å². The summed E-state index contributed by atoms with van der Waals surface area (Å²) >= 11 is 0. The van der Waals surface area contributed by atoms with Gasteiger partial charge in [-0.05, 0) is 54.5 Å². The minimum Gasteiger partial charge on any atom is -0.410 e. The van der Waals surface area contributed by atoms with E-state index in [1.165, 1.54) is 0 Å². The van der Waals surface area contributed by atoms with Crippen molar-refractivity contribution in [3.63, 3.8) is 0 Å². The number of morpholine rings is 1. The zero-order valence-electron chi connectivity index (χ0n) is 20.4. The number of amides is 1. The van der Waals surface area contributed by atoms with E-state index in [-0.39, 0.29) is 12.6 Å². The minimum absolute atomic E-state index is 0.0716. The van der Waals surface area contributed by atoms with Crippen molar-refractivity contribution in [3.05, 3.63) is 53.9 Å². The fourth-order valence-corrected chi connectivity index (χ4v) is 3.92. The van der Waals surface area contributed by atoms with Crippen LogP contribution < -0.4 is 10.1 Å². The maximum atomic E-state index is 12.7. The normalized spacial score (nSPS) is 15.1. The van der Waals surface area contributed by atoms with Crippen LogP contribution in [0.5, 0.6) is 5.75 Å². The van der Waals surface area contributed by atoms with Crippen LogP contribution in [0.25, 0.3) is 16.8 Å². The van der Waals surface area contributed by atoms with Crippen LogP contribution in [-0.2, 0) is 16.1 Å². The van der Waals surface area contributed by atoms with E-state index in [1.54, 1.807) is 10.7 Å². The van der Waals surface area contributed by atoms with Crippen molar-refractivity contribution in [2.24, 2.45) is 0 Å². The van der Waals surface area contributed by atoms with Crippen molar-refractivity contribution in [3.8, 4) is 22.6 Å². The molecular weight excluding hydrogens is 448 g/mol. The molecule has 0 aliphatic carbocycles. The summed E-state index contributed by atoms with van der Waals surface area (Å²) in [4.78, 5) is 15.0. The monoisotopic (exact) mass is 480 g/mol. The molecule has 1 amide bonds. The summed E-state index contributed by atoms with van der Waals surface area (Å²) in [5.41, 5.74) is 3.70. The average molecular weight is 481 g/mol. The molecule has 35 heavy (non-hydrogen) atoms. The molecule has 0 saturated carbocycles. The first-order chi connectivity index (χ1) is 17.0. The van der Waals surface area contributed by atoms with Crippen molar-refractivity contribution < 1.29 is 19.0 Å². The molecule has 2 aromatic carbocycles. The molecule has 3 aromatic rings. The number of tetrazole rings is 1. The third kappa shape index (κ3) is 6.84. The van der Waals surface area contributed by atoms with Gasteiger partial charge in [0.1, 0.15) is 12.4 Å². The molecule has 1 aliphatic rings. The number of aromatic nitrogens is 4. The van der Waals surface area contributed by atoms with E-state index < -0.39 is 6.09 Å². The summed E-state index contributed by atoms with van der Waals surface area (Å²) in [6.07, 6.45) is -0.510. The highest BCUT2D eigenvalue weighted by Crippen LogP contribution is 2.28. The van der Waals surface area contributed by atoms with Crippen LogP contribution in [0.2, 0.25) is 0 Å². The van der Waals surface area contributed by atoms with Crippen molar-refractivity contribution in [2.75, 3.05) is 39.5 Å². The summed E-state index contributed by atoms with van der Waals surface area (Å²) in [5, 5.41) is 14.9. The van der Waals surface area contributed by atoms with E-state index in [2.05, 4.69) is 25.7 Å². The van der Waals surface area contributed by atoms with Gasteiger partial charge in [-0.2, -0.15) is 4.68 Å². The second kappa shape index (κ2) is 11.9. The fraction of sp³-hybridized carbons (Fsp3) is 0.440. The number of aryl methyl sites for hydroxylation is 1. The van der Waals surface area contributed by atoms with Gasteiger partial charge in [-0.25, -0.2) is 4.79 Å². The summed E-state index contributed by atoms with van der Waals surface area (Å²) < 4.78 is 18.2. The molecule has 186 valence electrons. The minimum atomic E-state index is -0.510. The van der Waals surface area contributed by atoms with Gasteiger partial charge in [0.2, 0.25) is 0 Å². The molecule has 1 atom stereocenters. The second-order valence-electron chi connectivity index (χ2n) is 8.57. The Bertz CT molecular complexity index is 1110. The molecule has 10 heteroatoms. The van der Waals surface area contributed by atoms with Gasteiger partial charge in [0.05, 0.1) is 18.9 Å². The molecular formula is C25H32N6O4. The van der Waals surface area contributed by atoms with E-state index >= 15 is 0 Å². The lowest BCUT2D eigenvalue weighted by Crippen LogP contribution is -2.46. The molecule has 0 spiro atoms. The van der Waals surface area contributed by atoms with Gasteiger partial charge < -0.3 is 19.5 Å². The largest absolute Gasteiger partial charge is 0.412 e. The Morgan fingerprint density at radius 2 is 1.91 bits per heavy atom. The number of carbonyl (C=O) groups is 1. The summed E-state index contributed by atoms with van der Waals surface area (Å²) in [6, 6.07) is 13.6. The lowest BCUT2D eigenvalue weighted by molar-refractivity contribution is 0.0346. The molecule has 0 bridgehead atoms. The Balaban J connectivity index is 1.55. The smallest absolute Gasteiger partial charge is 0.410 e. The Labute approximate surface area is 205 Å². The van der Waals surface area contributed by atoms with Crippen molar-refractivity contribution in [2.45, 2.75) is 33.4 Å². The zero-order chi connectivity index (χ0) is 24.6. The van der Waals surface area contributed by atoms with Gasteiger partial charge in [0.25, 0.3) is 0 Å². The maximum Gasteiger partial charge on any atom is 0.412 e. The molecule has 2 heterocycles. The fourth-order valence-electron chi connectivity index (χ4n) is 3.92. The molecule has 1 saturated heterocycles. The number of nitrogens with one attached hydrogen (secondary N) is 1. The first kappa shape index (κ1) is 24.8. The SMILES string of the molecule is CCOCc1nnnn1-c1cc(OC(=O)NC(C)CN2CCOCC2)cc(-c2ccc(C)cc2)c1. The highest BCUT2D eigenvalue weighted by molar-refractivity contribution is 5.74. The molecule has 1 aromatic heterocycles. The maximum absolute atomic E-state index is 12.7. The van der Waals surface area contributed by atoms with E-state index in [0.717, 1.165) is 36.3 Å². The number of benzene rings is 2. The molecule has 1 unspecified atom stereocenters. The van der Waals surface area contributed by atoms with Gasteiger partial charge in [0, 0.05) is 38.3 Å². The standard InChI is InChI=1S/C25H32N6O4/c1-4-33-17-24-27-28-29-31(24)22-13-21(20-7-5-18(2)6-8-20)14-23(15-22)35-25(32)26-19(3)16-30-9-11-34-12-10-30/h5-8,13-15,19H,4,9-12,16-17H2,1-3H3,(H,26,32). The van der Waals surface area contributed by atoms with Crippen LogP contribution in [0.3, 0.4) is 0 Å². The number of hydrogen-bond acceptors (Lipinski definition) is 8. The first-order valence-corrected chi connectivity index (χ1v) is 11.9. The number of hydrogen-bond donors (Lipinski definition) is 1. The number of rotatable bonds is 9. The average Bonchev–Trinajstić information content (AvgIpc) is 3.32.